The maximum Gasteiger partial charge on any atom is 0.244 e. The maximum atomic E-state index is 13.0. The minimum atomic E-state index is -3.53. The highest BCUT2D eigenvalue weighted by molar-refractivity contribution is 8.01. The van der Waals surface area contributed by atoms with E-state index in [0.29, 0.717) is 11.4 Å². The first-order valence-corrected chi connectivity index (χ1v) is 9.86. The molecule has 1 atom stereocenters. The second-order valence-electron chi connectivity index (χ2n) is 5.40. The van der Waals surface area contributed by atoms with Gasteiger partial charge >= 0.3 is 0 Å². The second kappa shape index (κ2) is 6.55. The third-order valence-corrected chi connectivity index (χ3v) is 7.09. The molecule has 0 bridgehead atoms. The molecule has 1 fully saturated rings. The van der Waals surface area contributed by atoms with Gasteiger partial charge in [-0.3, -0.25) is 0 Å². The maximum absolute atomic E-state index is 13.0. The number of hydrogen-bond acceptors (Lipinski definition) is 4. The highest BCUT2D eigenvalue weighted by Crippen LogP contribution is 2.44. The predicted molar refractivity (Wildman–Crippen MR) is 93.3 cm³/mol. The standard InChI is InChI=1S/C17H19NO3S2/c1-13-6-5-7-14(12-13)23(19,20)18-10-11-22-17(18)15-8-3-4-9-16(15)21-2/h3-9,12,17H,10-11H2,1-2H3. The van der Waals surface area contributed by atoms with Gasteiger partial charge < -0.3 is 4.74 Å². The highest BCUT2D eigenvalue weighted by Gasteiger charge is 2.38. The Morgan fingerprint density at radius 1 is 1.17 bits per heavy atom. The second-order valence-corrected chi connectivity index (χ2v) is 8.48. The molecule has 1 aliphatic heterocycles. The molecule has 0 radical (unpaired) electrons. The summed E-state index contributed by atoms with van der Waals surface area (Å²) in [5.41, 5.74) is 1.83. The minimum absolute atomic E-state index is 0.253. The molecule has 0 amide bonds. The number of nitrogens with zero attached hydrogens (tertiary/aromatic N) is 1. The fraction of sp³-hybridized carbons (Fsp3) is 0.294. The van der Waals surface area contributed by atoms with Crippen molar-refractivity contribution in [3.05, 3.63) is 59.7 Å². The molecule has 0 aliphatic carbocycles. The smallest absolute Gasteiger partial charge is 0.244 e. The summed E-state index contributed by atoms with van der Waals surface area (Å²) in [6.07, 6.45) is 0. The molecule has 3 rings (SSSR count). The van der Waals surface area contributed by atoms with Gasteiger partial charge in [-0.2, -0.15) is 4.31 Å². The Morgan fingerprint density at radius 3 is 2.70 bits per heavy atom. The zero-order valence-electron chi connectivity index (χ0n) is 13.1. The van der Waals surface area contributed by atoms with Gasteiger partial charge in [0.15, 0.2) is 0 Å². The lowest BCUT2D eigenvalue weighted by Gasteiger charge is -2.25. The van der Waals surface area contributed by atoms with E-state index in [4.69, 9.17) is 4.74 Å². The molecule has 0 spiro atoms. The van der Waals surface area contributed by atoms with Gasteiger partial charge in [-0.05, 0) is 30.7 Å². The molecule has 0 saturated carbocycles. The summed E-state index contributed by atoms with van der Waals surface area (Å²) in [5, 5.41) is -0.253. The zero-order valence-corrected chi connectivity index (χ0v) is 14.7. The molecule has 6 heteroatoms. The fourth-order valence-electron chi connectivity index (χ4n) is 2.73. The number of aryl methyl sites for hydroxylation is 1. The largest absolute Gasteiger partial charge is 0.496 e. The van der Waals surface area contributed by atoms with Gasteiger partial charge in [0.25, 0.3) is 0 Å². The van der Waals surface area contributed by atoms with Crippen LogP contribution in [0.2, 0.25) is 0 Å². The quantitative estimate of drug-likeness (QED) is 0.848. The topological polar surface area (TPSA) is 46.6 Å². The van der Waals surface area contributed by atoms with Crippen molar-refractivity contribution in [2.75, 3.05) is 19.4 Å². The van der Waals surface area contributed by atoms with Crippen LogP contribution in [0.3, 0.4) is 0 Å². The molecular weight excluding hydrogens is 330 g/mol. The van der Waals surface area contributed by atoms with Gasteiger partial charge in [-0.1, -0.05) is 30.3 Å². The molecular formula is C17H19NO3S2. The summed E-state index contributed by atoms with van der Waals surface area (Å²) in [6.45, 7) is 2.40. The van der Waals surface area contributed by atoms with Crippen molar-refractivity contribution in [1.29, 1.82) is 0 Å². The zero-order chi connectivity index (χ0) is 16.4. The van der Waals surface area contributed by atoms with Crippen molar-refractivity contribution in [3.8, 4) is 5.75 Å². The Labute approximate surface area is 141 Å². The molecule has 1 heterocycles. The molecule has 23 heavy (non-hydrogen) atoms. The Bertz CT molecular complexity index is 805. The van der Waals surface area contributed by atoms with Gasteiger partial charge in [0.05, 0.1) is 17.4 Å². The SMILES string of the molecule is COc1ccccc1C1SCCN1S(=O)(=O)c1cccc(C)c1. The van der Waals surface area contributed by atoms with Crippen molar-refractivity contribution in [2.45, 2.75) is 17.2 Å². The summed E-state index contributed by atoms with van der Waals surface area (Å²) in [6, 6.07) is 14.7. The number of hydrogen-bond donors (Lipinski definition) is 0. The first-order valence-electron chi connectivity index (χ1n) is 7.37. The summed E-state index contributed by atoms with van der Waals surface area (Å²) in [4.78, 5) is 0.347. The number of para-hydroxylation sites is 1. The van der Waals surface area contributed by atoms with Gasteiger partial charge in [0.1, 0.15) is 5.75 Å². The number of thioether (sulfide) groups is 1. The first kappa shape index (κ1) is 16.4. The number of benzene rings is 2. The van der Waals surface area contributed by atoms with E-state index in [1.54, 1.807) is 41.4 Å². The molecule has 0 aromatic heterocycles. The molecule has 1 unspecified atom stereocenters. The van der Waals surface area contributed by atoms with E-state index < -0.39 is 10.0 Å². The summed E-state index contributed by atoms with van der Waals surface area (Å²) < 4.78 is 33.1. The fourth-order valence-corrected chi connectivity index (χ4v) is 6.09. The van der Waals surface area contributed by atoms with E-state index in [1.807, 2.05) is 37.3 Å². The highest BCUT2D eigenvalue weighted by atomic mass is 32.2. The minimum Gasteiger partial charge on any atom is -0.496 e. The van der Waals surface area contributed by atoms with Crippen LogP contribution in [-0.2, 0) is 10.0 Å². The van der Waals surface area contributed by atoms with Crippen molar-refractivity contribution >= 4 is 21.8 Å². The lowest BCUT2D eigenvalue weighted by Crippen LogP contribution is -2.30. The van der Waals surface area contributed by atoms with Crippen LogP contribution in [0.4, 0.5) is 0 Å². The van der Waals surface area contributed by atoms with E-state index in [0.717, 1.165) is 22.6 Å². The summed E-state index contributed by atoms with van der Waals surface area (Å²) >= 11 is 1.63. The van der Waals surface area contributed by atoms with Crippen molar-refractivity contribution in [2.24, 2.45) is 0 Å². The van der Waals surface area contributed by atoms with Crippen molar-refractivity contribution < 1.29 is 13.2 Å². The van der Waals surface area contributed by atoms with E-state index >= 15 is 0 Å². The Hall–Kier alpha value is -1.50. The van der Waals surface area contributed by atoms with Gasteiger partial charge in [0, 0.05) is 17.9 Å². The Kier molecular flexibility index (Phi) is 4.66. The first-order chi connectivity index (χ1) is 11.0. The monoisotopic (exact) mass is 349 g/mol. The molecule has 2 aromatic rings. The number of rotatable bonds is 4. The molecule has 122 valence electrons. The Morgan fingerprint density at radius 2 is 1.96 bits per heavy atom. The average Bonchev–Trinajstić information content (AvgIpc) is 3.05. The number of ether oxygens (including phenoxy) is 1. The van der Waals surface area contributed by atoms with Crippen LogP contribution in [0.15, 0.2) is 53.4 Å². The van der Waals surface area contributed by atoms with Crippen LogP contribution < -0.4 is 4.74 Å². The van der Waals surface area contributed by atoms with Crippen molar-refractivity contribution in [3.63, 3.8) is 0 Å². The summed E-state index contributed by atoms with van der Waals surface area (Å²) in [5.74, 6) is 1.49. The third kappa shape index (κ3) is 3.11. The predicted octanol–water partition coefficient (Wildman–Crippen LogP) is 3.44. The van der Waals surface area contributed by atoms with Crippen LogP contribution in [0.1, 0.15) is 16.5 Å². The van der Waals surface area contributed by atoms with Crippen LogP contribution in [0.25, 0.3) is 0 Å². The molecule has 1 saturated heterocycles. The Balaban J connectivity index is 2.01. The van der Waals surface area contributed by atoms with E-state index in [1.165, 1.54) is 0 Å². The normalized spacial score (nSPS) is 19.0. The lowest BCUT2D eigenvalue weighted by atomic mass is 10.2. The van der Waals surface area contributed by atoms with Crippen molar-refractivity contribution in [1.82, 2.24) is 4.31 Å². The van der Waals surface area contributed by atoms with Crippen LogP contribution in [0.5, 0.6) is 5.75 Å². The van der Waals surface area contributed by atoms with Gasteiger partial charge in [0.2, 0.25) is 10.0 Å². The lowest BCUT2D eigenvalue weighted by molar-refractivity contribution is 0.390. The van der Waals surface area contributed by atoms with Crippen LogP contribution in [0, 0.1) is 6.92 Å². The third-order valence-electron chi connectivity index (χ3n) is 3.85. The summed E-state index contributed by atoms with van der Waals surface area (Å²) in [7, 11) is -1.92. The van der Waals surface area contributed by atoms with Crippen LogP contribution >= 0.6 is 11.8 Å². The molecule has 2 aromatic carbocycles. The van der Waals surface area contributed by atoms with E-state index in [2.05, 4.69) is 0 Å². The van der Waals surface area contributed by atoms with Crippen LogP contribution in [-0.4, -0.2) is 32.1 Å². The molecule has 1 aliphatic rings. The molecule has 4 nitrogen and oxygen atoms in total. The van der Waals surface area contributed by atoms with Gasteiger partial charge in [-0.15, -0.1) is 11.8 Å². The average molecular weight is 349 g/mol. The number of methoxy groups -OCH3 is 1. The molecule has 0 N–H and O–H groups in total. The number of sulfonamides is 1. The van der Waals surface area contributed by atoms with E-state index in [9.17, 15) is 8.42 Å². The van der Waals surface area contributed by atoms with E-state index in [-0.39, 0.29) is 5.37 Å². The van der Waals surface area contributed by atoms with Gasteiger partial charge in [-0.25, -0.2) is 8.42 Å².